The van der Waals surface area contributed by atoms with Gasteiger partial charge in [-0.1, -0.05) is 0 Å². The van der Waals surface area contributed by atoms with E-state index in [4.69, 9.17) is 4.74 Å². The minimum atomic E-state index is -3.92. The summed E-state index contributed by atoms with van der Waals surface area (Å²) in [7, 11) is -2.46. The number of amides is 2. The van der Waals surface area contributed by atoms with E-state index in [-0.39, 0.29) is 30.3 Å². The predicted molar refractivity (Wildman–Crippen MR) is 67.5 cm³/mol. The van der Waals surface area contributed by atoms with Gasteiger partial charge in [-0.15, -0.1) is 0 Å². The lowest BCUT2D eigenvalue weighted by atomic mass is 10.3. The van der Waals surface area contributed by atoms with Crippen molar-refractivity contribution in [1.29, 1.82) is 0 Å². The number of aromatic nitrogens is 2. The number of sulfonamides is 1. The SMILES string of the molecule is CCOC(=O)CCN1C(=O)NS(=O)(=O)c2c1cnn2C. The van der Waals surface area contributed by atoms with Gasteiger partial charge in [0.25, 0.3) is 10.0 Å². The zero-order valence-electron chi connectivity index (χ0n) is 11.0. The van der Waals surface area contributed by atoms with Gasteiger partial charge in [0.15, 0.2) is 5.03 Å². The fourth-order valence-corrected chi connectivity index (χ4v) is 3.17. The summed E-state index contributed by atoms with van der Waals surface area (Å²) in [5.74, 6) is -0.459. The standard InChI is InChI=1S/C10H14N4O5S/c1-3-19-8(15)4-5-14-7-6-11-13(2)9(7)20(17,18)12-10(14)16/h6H,3-5H2,1-2H3,(H,12,16). The molecule has 0 saturated carbocycles. The normalized spacial score (nSPS) is 16.5. The Balaban J connectivity index is 2.26. The number of nitrogens with one attached hydrogen (secondary N) is 1. The first kappa shape index (κ1) is 14.3. The summed E-state index contributed by atoms with van der Waals surface area (Å²) in [4.78, 5) is 24.3. The molecule has 0 atom stereocenters. The quantitative estimate of drug-likeness (QED) is 0.757. The molecular weight excluding hydrogens is 288 g/mol. The molecule has 0 fully saturated rings. The first-order valence-electron chi connectivity index (χ1n) is 5.88. The molecule has 2 heterocycles. The number of nitrogens with zero attached hydrogens (tertiary/aromatic N) is 3. The molecule has 1 aliphatic rings. The Bertz CT molecular complexity index is 651. The van der Waals surface area contributed by atoms with E-state index in [1.165, 1.54) is 13.2 Å². The molecule has 2 rings (SSSR count). The number of carbonyl (C=O) groups is 2. The largest absolute Gasteiger partial charge is 0.466 e. The van der Waals surface area contributed by atoms with Crippen molar-refractivity contribution in [2.24, 2.45) is 7.05 Å². The molecule has 0 aromatic carbocycles. The number of hydrogen-bond donors (Lipinski definition) is 1. The van der Waals surface area contributed by atoms with Gasteiger partial charge in [0, 0.05) is 13.6 Å². The summed E-state index contributed by atoms with van der Waals surface area (Å²) in [5.41, 5.74) is 0.153. The molecule has 0 radical (unpaired) electrons. The number of ether oxygens (including phenoxy) is 1. The maximum absolute atomic E-state index is 11.8. The van der Waals surface area contributed by atoms with Crippen LogP contribution in [0.15, 0.2) is 11.2 Å². The predicted octanol–water partition coefficient (Wildman–Crippen LogP) is -0.408. The maximum Gasteiger partial charge on any atom is 0.335 e. The fraction of sp³-hybridized carbons (Fsp3) is 0.500. The summed E-state index contributed by atoms with van der Waals surface area (Å²) in [5, 5.41) is 3.72. The van der Waals surface area contributed by atoms with Gasteiger partial charge in [0.05, 0.1) is 19.2 Å². The molecule has 20 heavy (non-hydrogen) atoms. The Hall–Kier alpha value is -2.10. The molecule has 0 bridgehead atoms. The first-order valence-corrected chi connectivity index (χ1v) is 7.37. The summed E-state index contributed by atoms with van der Waals surface area (Å²) in [6, 6.07) is -0.810. The number of urea groups is 1. The fourth-order valence-electron chi connectivity index (χ4n) is 1.90. The molecule has 1 aromatic heterocycles. The van der Waals surface area contributed by atoms with Gasteiger partial charge >= 0.3 is 12.0 Å². The van der Waals surface area contributed by atoms with Crippen molar-refractivity contribution < 1.29 is 22.7 Å². The van der Waals surface area contributed by atoms with Gasteiger partial charge in [0.1, 0.15) is 5.69 Å². The minimum absolute atomic E-state index is 0.0128. The lowest BCUT2D eigenvalue weighted by molar-refractivity contribution is -0.142. The van der Waals surface area contributed by atoms with E-state index < -0.39 is 22.0 Å². The molecule has 0 saturated heterocycles. The van der Waals surface area contributed by atoms with Crippen LogP contribution in [-0.2, 0) is 26.6 Å². The number of carbonyl (C=O) groups excluding carboxylic acids is 2. The van der Waals surface area contributed by atoms with Gasteiger partial charge in [-0.3, -0.25) is 14.4 Å². The van der Waals surface area contributed by atoms with Gasteiger partial charge in [-0.25, -0.2) is 9.52 Å². The molecule has 1 aromatic rings. The average molecular weight is 302 g/mol. The van der Waals surface area contributed by atoms with E-state index in [0.717, 1.165) is 9.58 Å². The van der Waals surface area contributed by atoms with E-state index in [9.17, 15) is 18.0 Å². The van der Waals surface area contributed by atoms with Crippen molar-refractivity contribution in [3.8, 4) is 0 Å². The molecule has 2 amide bonds. The highest BCUT2D eigenvalue weighted by Crippen LogP contribution is 2.28. The van der Waals surface area contributed by atoms with Crippen molar-refractivity contribution >= 4 is 27.7 Å². The van der Waals surface area contributed by atoms with Crippen LogP contribution in [0.5, 0.6) is 0 Å². The number of anilines is 1. The molecule has 110 valence electrons. The smallest absolute Gasteiger partial charge is 0.335 e. The Morgan fingerprint density at radius 1 is 1.50 bits per heavy atom. The highest BCUT2D eigenvalue weighted by Gasteiger charge is 2.37. The van der Waals surface area contributed by atoms with Crippen LogP contribution in [0, 0.1) is 0 Å². The van der Waals surface area contributed by atoms with Crippen LogP contribution >= 0.6 is 0 Å². The van der Waals surface area contributed by atoms with Crippen molar-refractivity contribution in [3.05, 3.63) is 6.20 Å². The molecule has 0 spiro atoms. The highest BCUT2D eigenvalue weighted by molar-refractivity contribution is 7.90. The Kier molecular flexibility index (Phi) is 3.66. The topological polar surface area (TPSA) is 111 Å². The molecule has 1 aliphatic heterocycles. The van der Waals surface area contributed by atoms with E-state index >= 15 is 0 Å². The second-order valence-electron chi connectivity index (χ2n) is 4.08. The molecule has 0 unspecified atom stereocenters. The van der Waals surface area contributed by atoms with E-state index in [1.54, 1.807) is 6.92 Å². The van der Waals surface area contributed by atoms with E-state index in [2.05, 4.69) is 5.10 Å². The van der Waals surface area contributed by atoms with Crippen LogP contribution in [0.3, 0.4) is 0 Å². The molecular formula is C10H14N4O5S. The van der Waals surface area contributed by atoms with Crippen LogP contribution < -0.4 is 9.62 Å². The number of aryl methyl sites for hydroxylation is 1. The number of rotatable bonds is 4. The monoisotopic (exact) mass is 302 g/mol. The third kappa shape index (κ3) is 2.46. The summed E-state index contributed by atoms with van der Waals surface area (Å²) in [6.45, 7) is 1.94. The van der Waals surface area contributed by atoms with Crippen molar-refractivity contribution in [3.63, 3.8) is 0 Å². The lowest BCUT2D eigenvalue weighted by Gasteiger charge is -2.26. The van der Waals surface area contributed by atoms with Gasteiger partial charge in [-0.05, 0) is 6.92 Å². The zero-order valence-corrected chi connectivity index (χ0v) is 11.8. The third-order valence-electron chi connectivity index (χ3n) is 2.72. The Morgan fingerprint density at radius 3 is 2.85 bits per heavy atom. The number of esters is 1. The minimum Gasteiger partial charge on any atom is -0.466 e. The number of fused-ring (bicyclic) bond motifs is 1. The Morgan fingerprint density at radius 2 is 2.20 bits per heavy atom. The average Bonchev–Trinajstić information content (AvgIpc) is 2.71. The molecule has 1 N–H and O–H groups in total. The second-order valence-corrected chi connectivity index (χ2v) is 5.67. The van der Waals surface area contributed by atoms with Crippen molar-refractivity contribution in [1.82, 2.24) is 14.5 Å². The van der Waals surface area contributed by atoms with Crippen LogP contribution in [0.25, 0.3) is 0 Å². The van der Waals surface area contributed by atoms with Crippen LogP contribution in [0.2, 0.25) is 0 Å². The van der Waals surface area contributed by atoms with E-state index in [0.29, 0.717) is 0 Å². The summed E-state index contributed by atoms with van der Waals surface area (Å²) >= 11 is 0. The van der Waals surface area contributed by atoms with Crippen LogP contribution in [0.1, 0.15) is 13.3 Å². The van der Waals surface area contributed by atoms with Gasteiger partial charge < -0.3 is 4.74 Å². The lowest BCUT2D eigenvalue weighted by Crippen LogP contribution is -2.48. The van der Waals surface area contributed by atoms with Gasteiger partial charge in [0.2, 0.25) is 0 Å². The van der Waals surface area contributed by atoms with Crippen LogP contribution in [0.4, 0.5) is 10.5 Å². The zero-order chi connectivity index (χ0) is 14.9. The second kappa shape index (κ2) is 5.12. The molecule has 9 nitrogen and oxygen atoms in total. The molecule has 0 aliphatic carbocycles. The summed E-state index contributed by atoms with van der Waals surface area (Å²) in [6.07, 6.45) is 1.24. The molecule has 10 heteroatoms. The van der Waals surface area contributed by atoms with Crippen LogP contribution in [-0.4, -0.2) is 43.4 Å². The first-order chi connectivity index (χ1) is 9.36. The summed E-state index contributed by atoms with van der Waals surface area (Å²) < 4.78 is 31.5. The maximum atomic E-state index is 11.8. The van der Waals surface area contributed by atoms with Crippen molar-refractivity contribution in [2.45, 2.75) is 18.4 Å². The van der Waals surface area contributed by atoms with E-state index in [1.807, 2.05) is 4.72 Å². The Labute approximate surface area is 115 Å². The number of hydrogen-bond acceptors (Lipinski definition) is 6. The highest BCUT2D eigenvalue weighted by atomic mass is 32.2. The van der Waals surface area contributed by atoms with Gasteiger partial charge in [-0.2, -0.15) is 13.5 Å². The van der Waals surface area contributed by atoms with Crippen molar-refractivity contribution in [2.75, 3.05) is 18.1 Å². The third-order valence-corrected chi connectivity index (χ3v) is 4.15.